The third kappa shape index (κ3) is 6.56. The van der Waals surface area contributed by atoms with Crippen LogP contribution in [-0.4, -0.2) is 43.3 Å². The van der Waals surface area contributed by atoms with E-state index in [1.54, 1.807) is 25.3 Å². The van der Waals surface area contributed by atoms with Crippen molar-refractivity contribution in [2.45, 2.75) is 0 Å². The number of benzene rings is 2. The smallest absolute Gasteiger partial charge is 0.247 e. The lowest BCUT2D eigenvalue weighted by atomic mass is 10.2. The molecule has 3 aromatic rings. The van der Waals surface area contributed by atoms with Crippen molar-refractivity contribution < 1.29 is 23.4 Å². The molecule has 0 fully saturated rings. The van der Waals surface area contributed by atoms with Crippen molar-refractivity contribution in [2.24, 2.45) is 0 Å². The zero-order valence-electron chi connectivity index (χ0n) is 18.5. The molecule has 0 bridgehead atoms. The van der Waals surface area contributed by atoms with Gasteiger partial charge in [-0.25, -0.2) is 14.4 Å². The summed E-state index contributed by atoms with van der Waals surface area (Å²) in [5.41, 5.74) is 1.47. The molecule has 0 saturated carbocycles. The van der Waals surface area contributed by atoms with Crippen LogP contribution in [0.15, 0.2) is 55.4 Å². The average Bonchev–Trinajstić information content (AvgIpc) is 2.83. The standard InChI is InChI=1S/C23H23ClFN5O4/c1-4-23(31)30-18-10-17(19(33-3)11-20(18)34-8-7-32-2)29-22-12-21(26-13-27-22)28-14-5-6-16(25)15(24)9-14/h4-6,9-13H,1,7-8H2,2-3H3,(H,30,31)(H2,26,27,28,29). The Morgan fingerprint density at radius 1 is 1.06 bits per heavy atom. The maximum absolute atomic E-state index is 13.4. The van der Waals surface area contributed by atoms with Crippen LogP contribution in [-0.2, 0) is 9.53 Å². The molecule has 0 aliphatic carbocycles. The first-order chi connectivity index (χ1) is 16.4. The van der Waals surface area contributed by atoms with Crippen molar-refractivity contribution in [1.29, 1.82) is 0 Å². The molecule has 9 nitrogen and oxygen atoms in total. The van der Waals surface area contributed by atoms with E-state index in [1.165, 1.54) is 31.6 Å². The van der Waals surface area contributed by atoms with Crippen molar-refractivity contribution in [3.8, 4) is 11.5 Å². The number of hydrogen-bond donors (Lipinski definition) is 3. The van der Waals surface area contributed by atoms with E-state index in [1.807, 2.05) is 0 Å². The first-order valence-corrected chi connectivity index (χ1v) is 10.4. The van der Waals surface area contributed by atoms with Gasteiger partial charge >= 0.3 is 0 Å². The molecule has 1 amide bonds. The summed E-state index contributed by atoms with van der Waals surface area (Å²) in [6.45, 7) is 4.12. The Labute approximate surface area is 200 Å². The molecule has 2 aromatic carbocycles. The third-order valence-electron chi connectivity index (χ3n) is 4.41. The van der Waals surface area contributed by atoms with Gasteiger partial charge in [0.15, 0.2) is 0 Å². The molecule has 3 rings (SSSR count). The highest BCUT2D eigenvalue weighted by Crippen LogP contribution is 2.38. The number of halogens is 2. The first kappa shape index (κ1) is 24.7. The van der Waals surface area contributed by atoms with Crippen LogP contribution >= 0.6 is 11.6 Å². The number of carbonyl (C=O) groups excluding carboxylic acids is 1. The Balaban J connectivity index is 1.87. The SMILES string of the molecule is C=CC(=O)Nc1cc(Nc2cc(Nc3ccc(F)c(Cl)c3)ncn2)c(OC)cc1OCCOC. The number of hydrogen-bond acceptors (Lipinski definition) is 8. The van der Waals surface area contributed by atoms with Crippen LogP contribution in [0.4, 0.5) is 33.1 Å². The van der Waals surface area contributed by atoms with E-state index in [9.17, 15) is 9.18 Å². The summed E-state index contributed by atoms with van der Waals surface area (Å²) >= 11 is 5.84. The van der Waals surface area contributed by atoms with Gasteiger partial charge in [-0.05, 0) is 30.3 Å². The van der Waals surface area contributed by atoms with E-state index in [0.29, 0.717) is 46.8 Å². The van der Waals surface area contributed by atoms with E-state index >= 15 is 0 Å². The topological polar surface area (TPSA) is 107 Å². The summed E-state index contributed by atoms with van der Waals surface area (Å²) < 4.78 is 29.6. The van der Waals surface area contributed by atoms with Gasteiger partial charge in [0.05, 0.1) is 30.1 Å². The minimum Gasteiger partial charge on any atom is -0.494 e. The Hall–Kier alpha value is -3.89. The van der Waals surface area contributed by atoms with Crippen LogP contribution in [0.2, 0.25) is 5.02 Å². The summed E-state index contributed by atoms with van der Waals surface area (Å²) in [7, 11) is 3.07. The van der Waals surface area contributed by atoms with Gasteiger partial charge in [-0.3, -0.25) is 4.79 Å². The molecular weight excluding hydrogens is 465 g/mol. The van der Waals surface area contributed by atoms with Crippen LogP contribution < -0.4 is 25.4 Å². The Morgan fingerprint density at radius 2 is 1.82 bits per heavy atom. The highest BCUT2D eigenvalue weighted by atomic mass is 35.5. The summed E-state index contributed by atoms with van der Waals surface area (Å²) in [4.78, 5) is 20.3. The number of anilines is 5. The second-order valence-corrected chi connectivity index (χ2v) is 7.16. The van der Waals surface area contributed by atoms with Gasteiger partial charge in [-0.15, -0.1) is 0 Å². The summed E-state index contributed by atoms with van der Waals surface area (Å²) in [5, 5.41) is 8.87. The maximum atomic E-state index is 13.4. The van der Waals surface area contributed by atoms with Crippen molar-refractivity contribution in [1.82, 2.24) is 9.97 Å². The quantitative estimate of drug-likeness (QED) is 0.258. The number of nitrogens with zero attached hydrogens (tertiary/aromatic N) is 2. The highest BCUT2D eigenvalue weighted by molar-refractivity contribution is 6.31. The minimum atomic E-state index is -0.515. The third-order valence-corrected chi connectivity index (χ3v) is 4.70. The Morgan fingerprint density at radius 3 is 2.50 bits per heavy atom. The maximum Gasteiger partial charge on any atom is 0.247 e. The molecule has 3 N–H and O–H groups in total. The van der Waals surface area contributed by atoms with E-state index in [2.05, 4.69) is 32.5 Å². The van der Waals surface area contributed by atoms with Crippen LogP contribution in [0.25, 0.3) is 0 Å². The fraction of sp³-hybridized carbons (Fsp3) is 0.174. The fourth-order valence-corrected chi connectivity index (χ4v) is 3.00. The number of methoxy groups -OCH3 is 2. The zero-order chi connectivity index (χ0) is 24.5. The molecule has 0 unspecified atom stereocenters. The monoisotopic (exact) mass is 487 g/mol. The highest BCUT2D eigenvalue weighted by Gasteiger charge is 2.15. The number of ether oxygens (including phenoxy) is 3. The molecule has 0 spiro atoms. The van der Waals surface area contributed by atoms with E-state index in [4.69, 9.17) is 25.8 Å². The number of carbonyl (C=O) groups is 1. The van der Waals surface area contributed by atoms with Gasteiger partial charge in [0.1, 0.15) is 41.9 Å². The summed E-state index contributed by atoms with van der Waals surface area (Å²) in [5.74, 6) is 0.796. The molecule has 1 heterocycles. The van der Waals surface area contributed by atoms with Gasteiger partial charge in [0.25, 0.3) is 0 Å². The normalized spacial score (nSPS) is 10.4. The molecule has 178 valence electrons. The zero-order valence-corrected chi connectivity index (χ0v) is 19.3. The summed E-state index contributed by atoms with van der Waals surface area (Å²) in [6.07, 6.45) is 2.51. The lowest BCUT2D eigenvalue weighted by Crippen LogP contribution is -2.12. The Bertz CT molecular complexity index is 1180. The summed E-state index contributed by atoms with van der Waals surface area (Å²) in [6, 6.07) is 9.17. The van der Waals surface area contributed by atoms with E-state index < -0.39 is 11.7 Å². The van der Waals surface area contributed by atoms with Crippen LogP contribution in [0, 0.1) is 5.82 Å². The minimum absolute atomic E-state index is 0.0101. The number of rotatable bonds is 11. The molecule has 34 heavy (non-hydrogen) atoms. The molecule has 1 aromatic heterocycles. The van der Waals surface area contributed by atoms with Gasteiger partial charge in [0, 0.05) is 24.9 Å². The molecule has 11 heteroatoms. The number of nitrogens with one attached hydrogen (secondary N) is 3. The second-order valence-electron chi connectivity index (χ2n) is 6.75. The van der Waals surface area contributed by atoms with Gasteiger partial charge in [-0.1, -0.05) is 18.2 Å². The van der Waals surface area contributed by atoms with Crippen molar-refractivity contribution in [3.63, 3.8) is 0 Å². The largest absolute Gasteiger partial charge is 0.494 e. The van der Waals surface area contributed by atoms with Crippen LogP contribution in [0.5, 0.6) is 11.5 Å². The van der Waals surface area contributed by atoms with Crippen molar-refractivity contribution in [2.75, 3.05) is 43.4 Å². The number of aromatic nitrogens is 2. The molecule has 0 atom stereocenters. The molecule has 0 saturated heterocycles. The predicted octanol–water partition coefficient (Wildman–Crippen LogP) is 4.91. The van der Waals surface area contributed by atoms with E-state index in [-0.39, 0.29) is 11.6 Å². The molecule has 0 radical (unpaired) electrons. The van der Waals surface area contributed by atoms with Crippen LogP contribution in [0.3, 0.4) is 0 Å². The van der Waals surface area contributed by atoms with E-state index in [0.717, 1.165) is 6.08 Å². The van der Waals surface area contributed by atoms with Gasteiger partial charge in [-0.2, -0.15) is 0 Å². The van der Waals surface area contributed by atoms with Crippen LogP contribution in [0.1, 0.15) is 0 Å². The fourth-order valence-electron chi connectivity index (χ4n) is 2.82. The lowest BCUT2D eigenvalue weighted by molar-refractivity contribution is -0.111. The average molecular weight is 488 g/mol. The Kier molecular flexibility index (Phi) is 8.60. The predicted molar refractivity (Wildman–Crippen MR) is 129 cm³/mol. The number of amides is 1. The van der Waals surface area contributed by atoms with Crippen molar-refractivity contribution in [3.05, 3.63) is 66.2 Å². The van der Waals surface area contributed by atoms with Gasteiger partial charge < -0.3 is 30.2 Å². The van der Waals surface area contributed by atoms with Crippen molar-refractivity contribution >= 4 is 46.2 Å². The van der Waals surface area contributed by atoms with Gasteiger partial charge in [0.2, 0.25) is 5.91 Å². The molecule has 0 aliphatic rings. The second kappa shape index (κ2) is 11.8. The first-order valence-electron chi connectivity index (χ1n) is 10.0. The lowest BCUT2D eigenvalue weighted by Gasteiger charge is -2.17. The molecule has 0 aliphatic heterocycles. The molecular formula is C23H23ClFN5O4.